The van der Waals surface area contributed by atoms with Gasteiger partial charge < -0.3 is 9.84 Å². The second kappa shape index (κ2) is 5.12. The highest BCUT2D eigenvalue weighted by Crippen LogP contribution is 2.17. The molecule has 0 bridgehead atoms. The van der Waals surface area contributed by atoms with Gasteiger partial charge in [-0.3, -0.25) is 4.79 Å². The molecule has 90 valence electrons. The number of aliphatic hydroxyl groups excluding tert-OH is 1. The minimum Gasteiger partial charge on any atom is -0.447 e. The van der Waals surface area contributed by atoms with E-state index in [0.29, 0.717) is 5.57 Å². The minimum absolute atomic E-state index is 0.232. The molecule has 0 aromatic carbocycles. The van der Waals surface area contributed by atoms with Crippen molar-refractivity contribution >= 4 is 12.0 Å². The number of imide groups is 1. The molecule has 1 saturated heterocycles. The molecule has 0 saturated carbocycles. The smallest absolute Gasteiger partial charge is 0.416 e. The van der Waals surface area contributed by atoms with E-state index >= 15 is 0 Å². The lowest BCUT2D eigenvalue weighted by atomic mass is 9.97. The van der Waals surface area contributed by atoms with Crippen LogP contribution in [0, 0.1) is 5.92 Å². The lowest BCUT2D eigenvalue weighted by Crippen LogP contribution is -2.40. The second-order valence-electron chi connectivity index (χ2n) is 3.87. The lowest BCUT2D eigenvalue weighted by molar-refractivity contribution is -0.134. The predicted octanol–water partition coefficient (Wildman–Crippen LogP) is 0.928. The van der Waals surface area contributed by atoms with Crippen LogP contribution in [0.2, 0.25) is 0 Å². The van der Waals surface area contributed by atoms with Crippen LogP contribution in [0.3, 0.4) is 0 Å². The molecular formula is C11H17NO4. The largest absolute Gasteiger partial charge is 0.447 e. The molecule has 0 aromatic heterocycles. The molecule has 5 heteroatoms. The Morgan fingerprint density at radius 2 is 2.25 bits per heavy atom. The third-order valence-corrected chi connectivity index (χ3v) is 2.81. The average Bonchev–Trinajstić information content (AvgIpc) is 2.71. The predicted molar refractivity (Wildman–Crippen MR) is 57.7 cm³/mol. The first-order valence-electron chi connectivity index (χ1n) is 5.28. The maximum atomic E-state index is 11.9. The van der Waals surface area contributed by atoms with Crippen LogP contribution in [-0.4, -0.2) is 41.3 Å². The minimum atomic E-state index is -0.856. The van der Waals surface area contributed by atoms with Crippen molar-refractivity contribution in [2.45, 2.75) is 26.9 Å². The van der Waals surface area contributed by atoms with Crippen molar-refractivity contribution in [3.8, 4) is 0 Å². The van der Waals surface area contributed by atoms with Crippen molar-refractivity contribution in [1.29, 1.82) is 0 Å². The Morgan fingerprint density at radius 1 is 1.62 bits per heavy atom. The number of allylic oxidation sites excluding steroid dienone is 1. The molecule has 2 amide bonds. The van der Waals surface area contributed by atoms with Gasteiger partial charge in [0.25, 0.3) is 0 Å². The molecule has 1 rings (SSSR count). The Kier molecular flexibility index (Phi) is 4.06. The zero-order valence-electron chi connectivity index (χ0n) is 9.77. The number of amides is 2. The molecule has 1 fully saturated rings. The summed E-state index contributed by atoms with van der Waals surface area (Å²) >= 11 is 0. The average molecular weight is 227 g/mol. The molecule has 0 aliphatic carbocycles. The number of carbonyl (C=O) groups is 2. The van der Waals surface area contributed by atoms with Crippen molar-refractivity contribution in [1.82, 2.24) is 4.90 Å². The van der Waals surface area contributed by atoms with E-state index < -0.39 is 24.0 Å². The summed E-state index contributed by atoms with van der Waals surface area (Å²) < 4.78 is 4.67. The Labute approximate surface area is 94.7 Å². The monoisotopic (exact) mass is 227 g/mol. The summed E-state index contributed by atoms with van der Waals surface area (Å²) in [7, 11) is 0. The van der Waals surface area contributed by atoms with E-state index in [1.54, 1.807) is 26.8 Å². The van der Waals surface area contributed by atoms with Crippen molar-refractivity contribution in [3.63, 3.8) is 0 Å². The van der Waals surface area contributed by atoms with E-state index in [0.717, 1.165) is 4.90 Å². The molecule has 1 aliphatic heterocycles. The zero-order chi connectivity index (χ0) is 12.3. The summed E-state index contributed by atoms with van der Waals surface area (Å²) in [6, 6.07) is 0. The van der Waals surface area contributed by atoms with Gasteiger partial charge in [-0.2, -0.15) is 0 Å². The van der Waals surface area contributed by atoms with E-state index in [9.17, 15) is 14.7 Å². The molecule has 0 aromatic rings. The molecule has 5 nitrogen and oxygen atoms in total. The molecule has 1 N–H and O–H groups in total. The lowest BCUT2D eigenvalue weighted by Gasteiger charge is -2.21. The van der Waals surface area contributed by atoms with Gasteiger partial charge >= 0.3 is 6.09 Å². The summed E-state index contributed by atoms with van der Waals surface area (Å²) in [5.41, 5.74) is 0.716. The van der Waals surface area contributed by atoms with Crippen LogP contribution in [0.15, 0.2) is 11.6 Å². The third kappa shape index (κ3) is 2.41. The highest BCUT2D eigenvalue weighted by Gasteiger charge is 2.34. The van der Waals surface area contributed by atoms with Crippen LogP contribution >= 0.6 is 0 Å². The molecule has 0 radical (unpaired) electrons. The van der Waals surface area contributed by atoms with Crippen LogP contribution in [-0.2, 0) is 9.53 Å². The molecule has 2 unspecified atom stereocenters. The van der Waals surface area contributed by atoms with Crippen molar-refractivity contribution < 1.29 is 19.4 Å². The highest BCUT2D eigenvalue weighted by molar-refractivity contribution is 5.94. The van der Waals surface area contributed by atoms with Gasteiger partial charge in [0.05, 0.1) is 18.6 Å². The van der Waals surface area contributed by atoms with Gasteiger partial charge in [-0.05, 0) is 19.4 Å². The van der Waals surface area contributed by atoms with Crippen LogP contribution in [0.25, 0.3) is 0 Å². The fourth-order valence-electron chi connectivity index (χ4n) is 1.54. The van der Waals surface area contributed by atoms with Crippen molar-refractivity contribution in [2.24, 2.45) is 5.92 Å². The summed E-state index contributed by atoms with van der Waals surface area (Å²) in [4.78, 5) is 24.1. The van der Waals surface area contributed by atoms with E-state index in [2.05, 4.69) is 4.74 Å². The van der Waals surface area contributed by atoms with Crippen LogP contribution in [0.1, 0.15) is 20.8 Å². The first-order chi connectivity index (χ1) is 7.49. The quantitative estimate of drug-likeness (QED) is 0.728. The van der Waals surface area contributed by atoms with E-state index in [-0.39, 0.29) is 13.2 Å². The van der Waals surface area contributed by atoms with Gasteiger partial charge in [-0.15, -0.1) is 0 Å². The molecule has 16 heavy (non-hydrogen) atoms. The number of hydrogen-bond donors (Lipinski definition) is 1. The first kappa shape index (κ1) is 12.7. The zero-order valence-corrected chi connectivity index (χ0v) is 9.77. The van der Waals surface area contributed by atoms with Gasteiger partial charge in [-0.25, -0.2) is 9.69 Å². The molecular weight excluding hydrogens is 210 g/mol. The van der Waals surface area contributed by atoms with Gasteiger partial charge in [0.15, 0.2) is 0 Å². The first-order valence-corrected chi connectivity index (χ1v) is 5.28. The number of carbonyl (C=O) groups excluding carboxylic acids is 2. The Hall–Kier alpha value is -1.36. The normalized spacial score (nSPS) is 20.6. The Balaban J connectivity index is 2.70. The maximum absolute atomic E-state index is 11.9. The molecule has 0 spiro atoms. The van der Waals surface area contributed by atoms with Crippen LogP contribution in [0.4, 0.5) is 4.79 Å². The second-order valence-corrected chi connectivity index (χ2v) is 3.87. The number of ether oxygens (including phenoxy) is 1. The van der Waals surface area contributed by atoms with Gasteiger partial charge in [0, 0.05) is 0 Å². The van der Waals surface area contributed by atoms with Gasteiger partial charge in [0.1, 0.15) is 6.61 Å². The third-order valence-electron chi connectivity index (χ3n) is 2.81. The van der Waals surface area contributed by atoms with Gasteiger partial charge in [0.2, 0.25) is 5.91 Å². The van der Waals surface area contributed by atoms with E-state index in [4.69, 9.17) is 0 Å². The SMILES string of the molecule is C/C=C(\C)C(O)C(C)C(=O)N1CCOC1=O. The highest BCUT2D eigenvalue weighted by atomic mass is 16.6. The Bertz CT molecular complexity index is 324. The topological polar surface area (TPSA) is 66.8 Å². The summed E-state index contributed by atoms with van der Waals surface area (Å²) in [6.07, 6.45) is 0.268. The van der Waals surface area contributed by atoms with Crippen molar-refractivity contribution in [2.75, 3.05) is 13.2 Å². The fraction of sp³-hybridized carbons (Fsp3) is 0.636. The van der Waals surface area contributed by atoms with Crippen LogP contribution in [0.5, 0.6) is 0 Å². The van der Waals surface area contributed by atoms with Crippen LogP contribution < -0.4 is 0 Å². The molecule has 1 aliphatic rings. The number of nitrogens with zero attached hydrogens (tertiary/aromatic N) is 1. The summed E-state index contributed by atoms with van der Waals surface area (Å²) in [5, 5.41) is 9.84. The number of rotatable bonds is 3. The molecule has 1 heterocycles. The van der Waals surface area contributed by atoms with E-state index in [1.807, 2.05) is 0 Å². The molecule has 2 atom stereocenters. The van der Waals surface area contributed by atoms with E-state index in [1.165, 1.54) is 0 Å². The number of hydrogen-bond acceptors (Lipinski definition) is 4. The van der Waals surface area contributed by atoms with Crippen molar-refractivity contribution in [3.05, 3.63) is 11.6 Å². The standard InChI is InChI=1S/C11H17NO4/c1-4-7(2)9(13)8(3)10(14)12-5-6-16-11(12)15/h4,8-9,13H,5-6H2,1-3H3/b7-4+. The van der Waals surface area contributed by atoms with Gasteiger partial charge in [-0.1, -0.05) is 13.0 Å². The summed E-state index contributed by atoms with van der Waals surface area (Å²) in [5.74, 6) is -1.03. The number of cyclic esters (lactones) is 1. The Morgan fingerprint density at radius 3 is 2.69 bits per heavy atom. The fourth-order valence-corrected chi connectivity index (χ4v) is 1.54. The summed E-state index contributed by atoms with van der Waals surface area (Å²) in [6.45, 7) is 5.64. The number of aliphatic hydroxyl groups is 1. The maximum Gasteiger partial charge on any atom is 0.416 e.